The summed E-state index contributed by atoms with van der Waals surface area (Å²) >= 11 is 0. The van der Waals surface area contributed by atoms with Gasteiger partial charge in [-0.25, -0.2) is 0 Å². The van der Waals surface area contributed by atoms with Crippen molar-refractivity contribution in [2.75, 3.05) is 13.1 Å². The number of nitrogens with one attached hydrogen (secondary N) is 1. The van der Waals surface area contributed by atoms with Gasteiger partial charge in [-0.1, -0.05) is 6.07 Å². The molecule has 1 heterocycles. The summed E-state index contributed by atoms with van der Waals surface area (Å²) in [5.74, 6) is -0.227. The van der Waals surface area contributed by atoms with Gasteiger partial charge in [-0.05, 0) is 43.5 Å². The van der Waals surface area contributed by atoms with E-state index in [-0.39, 0.29) is 0 Å². The van der Waals surface area contributed by atoms with Crippen LogP contribution in [0.3, 0.4) is 0 Å². The molecule has 0 saturated carbocycles. The van der Waals surface area contributed by atoms with Crippen LogP contribution < -0.4 is 5.32 Å². The molecule has 0 aromatic heterocycles. The highest BCUT2D eigenvalue weighted by Crippen LogP contribution is 2.21. The Kier molecular flexibility index (Phi) is 3.14. The predicted octanol–water partition coefficient (Wildman–Crippen LogP) is 1.89. The van der Waals surface area contributed by atoms with E-state index in [4.69, 9.17) is 0 Å². The van der Waals surface area contributed by atoms with Gasteiger partial charge in [0.25, 0.3) is 0 Å². The lowest BCUT2D eigenvalue weighted by atomic mass is 9.98. The molecule has 1 atom stereocenters. The lowest BCUT2D eigenvalue weighted by Crippen LogP contribution is -2.10. The zero-order valence-corrected chi connectivity index (χ0v) is 8.78. The van der Waals surface area contributed by atoms with Gasteiger partial charge in [0.15, 0.2) is 0 Å². The molecule has 4 nitrogen and oxygen atoms in total. The monoisotopic (exact) mass is 224 g/mol. The van der Waals surface area contributed by atoms with E-state index in [0.717, 1.165) is 31.5 Å². The van der Waals surface area contributed by atoms with Gasteiger partial charge in [0, 0.05) is 6.07 Å². The van der Waals surface area contributed by atoms with Crippen LogP contribution >= 0.6 is 0 Å². The number of nitro groups is 1. The number of halogens is 1. The molecule has 0 radical (unpaired) electrons. The smallest absolute Gasteiger partial charge is 0.304 e. The number of nitrogens with zero attached hydrogens (tertiary/aromatic N) is 1. The van der Waals surface area contributed by atoms with Gasteiger partial charge in [-0.3, -0.25) is 10.1 Å². The minimum atomic E-state index is -0.742. The molecule has 5 heteroatoms. The SMILES string of the molecule is O=[N+]([O-])c1ccc(CC2CCNC2)cc1F. The molecule has 1 fully saturated rings. The first kappa shape index (κ1) is 11.0. The third-order valence-electron chi connectivity index (χ3n) is 2.90. The molecule has 0 bridgehead atoms. The topological polar surface area (TPSA) is 55.2 Å². The summed E-state index contributed by atoms with van der Waals surface area (Å²) in [6.07, 6.45) is 1.86. The molecule has 0 aliphatic carbocycles. The Bertz CT molecular complexity index is 403. The summed E-state index contributed by atoms with van der Waals surface area (Å²) < 4.78 is 13.3. The van der Waals surface area contributed by atoms with Crippen LogP contribution in [-0.4, -0.2) is 18.0 Å². The minimum Gasteiger partial charge on any atom is -0.316 e. The number of nitro benzene ring substituents is 1. The van der Waals surface area contributed by atoms with Crippen LogP contribution in [0.4, 0.5) is 10.1 Å². The maximum Gasteiger partial charge on any atom is 0.304 e. The number of hydrogen-bond donors (Lipinski definition) is 1. The highest BCUT2D eigenvalue weighted by Gasteiger charge is 2.18. The molecule has 2 rings (SSSR count). The lowest BCUT2D eigenvalue weighted by molar-refractivity contribution is -0.387. The molecular weight excluding hydrogens is 211 g/mol. The van der Waals surface area contributed by atoms with Crippen molar-refractivity contribution in [3.63, 3.8) is 0 Å². The molecule has 1 aromatic rings. The van der Waals surface area contributed by atoms with E-state index < -0.39 is 16.4 Å². The van der Waals surface area contributed by atoms with Crippen molar-refractivity contribution in [1.29, 1.82) is 0 Å². The Morgan fingerprint density at radius 2 is 2.38 bits per heavy atom. The van der Waals surface area contributed by atoms with E-state index in [1.807, 2.05) is 0 Å². The average Bonchev–Trinajstić information content (AvgIpc) is 2.70. The summed E-state index contributed by atoms with van der Waals surface area (Å²) in [6.45, 7) is 1.94. The maximum atomic E-state index is 13.3. The highest BCUT2D eigenvalue weighted by atomic mass is 19.1. The van der Waals surface area contributed by atoms with Gasteiger partial charge in [-0.15, -0.1) is 0 Å². The lowest BCUT2D eigenvalue weighted by Gasteiger charge is -2.07. The van der Waals surface area contributed by atoms with E-state index in [2.05, 4.69) is 5.32 Å². The van der Waals surface area contributed by atoms with Crippen LogP contribution in [-0.2, 0) is 6.42 Å². The Morgan fingerprint density at radius 3 is 2.94 bits per heavy atom. The van der Waals surface area contributed by atoms with Gasteiger partial charge in [0.05, 0.1) is 4.92 Å². The first-order valence-corrected chi connectivity index (χ1v) is 5.30. The number of rotatable bonds is 3. The largest absolute Gasteiger partial charge is 0.316 e. The van der Waals surface area contributed by atoms with E-state index in [1.54, 1.807) is 6.07 Å². The Hall–Kier alpha value is -1.49. The van der Waals surface area contributed by atoms with Gasteiger partial charge < -0.3 is 5.32 Å². The van der Waals surface area contributed by atoms with E-state index in [1.165, 1.54) is 12.1 Å². The maximum absolute atomic E-state index is 13.3. The Labute approximate surface area is 92.6 Å². The van der Waals surface area contributed by atoms with Crippen LogP contribution in [0.1, 0.15) is 12.0 Å². The highest BCUT2D eigenvalue weighted by molar-refractivity contribution is 5.35. The predicted molar refractivity (Wildman–Crippen MR) is 57.7 cm³/mol. The Morgan fingerprint density at radius 1 is 1.56 bits per heavy atom. The van der Waals surface area contributed by atoms with Crippen molar-refractivity contribution in [1.82, 2.24) is 5.32 Å². The van der Waals surface area contributed by atoms with Crippen molar-refractivity contribution >= 4 is 5.69 Å². The molecule has 1 aliphatic heterocycles. The van der Waals surface area contributed by atoms with Gasteiger partial charge in [0.2, 0.25) is 5.82 Å². The second kappa shape index (κ2) is 4.57. The summed E-state index contributed by atoms with van der Waals surface area (Å²) in [5.41, 5.74) is 0.380. The molecule has 86 valence electrons. The summed E-state index contributed by atoms with van der Waals surface area (Å²) in [5, 5.41) is 13.7. The van der Waals surface area contributed by atoms with Gasteiger partial charge >= 0.3 is 5.69 Å². The first-order valence-electron chi connectivity index (χ1n) is 5.30. The average molecular weight is 224 g/mol. The summed E-state index contributed by atoms with van der Waals surface area (Å²) in [4.78, 5) is 9.73. The zero-order valence-electron chi connectivity index (χ0n) is 8.78. The molecule has 1 unspecified atom stereocenters. The fourth-order valence-electron chi connectivity index (χ4n) is 2.05. The van der Waals surface area contributed by atoms with Crippen LogP contribution in [0.5, 0.6) is 0 Å². The minimum absolute atomic E-state index is 0.451. The molecule has 0 amide bonds. The molecule has 1 saturated heterocycles. The summed E-state index contributed by atoms with van der Waals surface area (Å²) in [7, 11) is 0. The van der Waals surface area contributed by atoms with Crippen LogP contribution in [0.2, 0.25) is 0 Å². The normalized spacial score (nSPS) is 19.9. The van der Waals surface area contributed by atoms with Crippen molar-refractivity contribution in [2.45, 2.75) is 12.8 Å². The van der Waals surface area contributed by atoms with Gasteiger partial charge in [-0.2, -0.15) is 4.39 Å². The van der Waals surface area contributed by atoms with E-state index in [0.29, 0.717) is 5.92 Å². The fraction of sp³-hybridized carbons (Fsp3) is 0.455. The molecule has 0 spiro atoms. The standard InChI is InChI=1S/C11H13FN2O2/c12-10-6-8(1-2-11(10)14(15)16)5-9-3-4-13-7-9/h1-2,6,9,13H,3-5,7H2. The third-order valence-corrected chi connectivity index (χ3v) is 2.90. The second-order valence-electron chi connectivity index (χ2n) is 4.11. The van der Waals surface area contributed by atoms with Crippen molar-refractivity contribution in [3.05, 3.63) is 39.7 Å². The quantitative estimate of drug-likeness (QED) is 0.630. The Balaban J connectivity index is 2.11. The number of benzene rings is 1. The molecular formula is C11H13FN2O2. The zero-order chi connectivity index (χ0) is 11.5. The molecule has 1 N–H and O–H groups in total. The molecule has 16 heavy (non-hydrogen) atoms. The molecule has 1 aliphatic rings. The summed E-state index contributed by atoms with van der Waals surface area (Å²) in [6, 6.07) is 4.16. The molecule has 1 aromatic carbocycles. The second-order valence-corrected chi connectivity index (χ2v) is 4.11. The van der Waals surface area contributed by atoms with Crippen molar-refractivity contribution in [2.24, 2.45) is 5.92 Å². The van der Waals surface area contributed by atoms with Crippen LogP contribution in [0, 0.1) is 21.8 Å². The van der Waals surface area contributed by atoms with E-state index in [9.17, 15) is 14.5 Å². The fourth-order valence-corrected chi connectivity index (χ4v) is 2.05. The van der Waals surface area contributed by atoms with Gasteiger partial charge in [0.1, 0.15) is 0 Å². The van der Waals surface area contributed by atoms with Crippen LogP contribution in [0.25, 0.3) is 0 Å². The first-order chi connectivity index (χ1) is 7.66. The number of hydrogen-bond acceptors (Lipinski definition) is 3. The van der Waals surface area contributed by atoms with E-state index >= 15 is 0 Å². The van der Waals surface area contributed by atoms with Crippen molar-refractivity contribution in [3.8, 4) is 0 Å². The van der Waals surface area contributed by atoms with Crippen molar-refractivity contribution < 1.29 is 9.31 Å². The third kappa shape index (κ3) is 2.36. The van der Waals surface area contributed by atoms with Crippen LogP contribution in [0.15, 0.2) is 18.2 Å².